The van der Waals surface area contributed by atoms with Crippen LogP contribution in [0.2, 0.25) is 0 Å². The predicted octanol–water partition coefficient (Wildman–Crippen LogP) is 3.54. The van der Waals surface area contributed by atoms with E-state index >= 15 is 0 Å². The van der Waals surface area contributed by atoms with Crippen LogP contribution < -0.4 is 4.74 Å². The molecule has 1 atom stereocenters. The average Bonchev–Trinajstić information content (AvgIpc) is 2.81. The number of thiazole rings is 1. The van der Waals surface area contributed by atoms with Gasteiger partial charge in [-0.2, -0.15) is 8.78 Å². The monoisotopic (exact) mass is 331 g/mol. The fourth-order valence-electron chi connectivity index (χ4n) is 1.84. The first-order valence-electron chi connectivity index (χ1n) is 6.32. The van der Waals surface area contributed by atoms with Gasteiger partial charge in [0.2, 0.25) is 0 Å². The summed E-state index contributed by atoms with van der Waals surface area (Å²) in [5.74, 6) is 0.958. The Hall–Kier alpha value is -1.34. The fraction of sp³-hybridized carbons (Fsp3) is 0.357. The fourth-order valence-corrected chi connectivity index (χ4v) is 3.88. The van der Waals surface area contributed by atoms with E-state index < -0.39 is 17.4 Å². The molecule has 2 aromatic rings. The number of aromatic nitrogens is 1. The van der Waals surface area contributed by atoms with Gasteiger partial charge in [0.1, 0.15) is 5.75 Å². The molecule has 0 saturated carbocycles. The molecule has 1 unspecified atom stereocenters. The molecule has 0 aliphatic carbocycles. The van der Waals surface area contributed by atoms with Crippen molar-refractivity contribution in [2.75, 3.05) is 5.75 Å². The summed E-state index contributed by atoms with van der Waals surface area (Å²) in [6.07, 6.45) is 0.719. The number of halogens is 2. The molecule has 0 radical (unpaired) electrons. The molecular weight excluding hydrogens is 316 g/mol. The van der Waals surface area contributed by atoms with E-state index in [1.165, 1.54) is 12.1 Å². The molecule has 1 aromatic carbocycles. The lowest BCUT2D eigenvalue weighted by molar-refractivity contribution is -0.0498. The Morgan fingerprint density at radius 2 is 2.24 bits per heavy atom. The Bertz CT molecular complexity index is 617. The summed E-state index contributed by atoms with van der Waals surface area (Å²) in [7, 11) is -1.05. The maximum atomic E-state index is 12.1. The minimum Gasteiger partial charge on any atom is -0.435 e. The topological polar surface area (TPSA) is 39.2 Å². The van der Waals surface area contributed by atoms with Crippen molar-refractivity contribution in [1.29, 1.82) is 0 Å². The molecule has 21 heavy (non-hydrogen) atoms. The second-order valence-electron chi connectivity index (χ2n) is 4.43. The Morgan fingerprint density at radius 3 is 2.90 bits per heavy atom. The van der Waals surface area contributed by atoms with E-state index in [0.29, 0.717) is 11.5 Å². The number of ether oxygens (including phenoxy) is 1. The molecule has 0 N–H and O–H groups in total. The second kappa shape index (κ2) is 7.61. The molecule has 1 heterocycles. The molecule has 0 spiro atoms. The van der Waals surface area contributed by atoms with Crippen LogP contribution >= 0.6 is 11.3 Å². The lowest BCUT2D eigenvalue weighted by Crippen LogP contribution is -2.05. The molecule has 0 bridgehead atoms. The number of aryl methyl sites for hydroxylation is 2. The molecule has 0 aliphatic rings. The van der Waals surface area contributed by atoms with Gasteiger partial charge in [-0.3, -0.25) is 4.21 Å². The van der Waals surface area contributed by atoms with Crippen molar-refractivity contribution in [3.05, 3.63) is 45.9 Å². The largest absolute Gasteiger partial charge is 0.435 e. The molecule has 0 amide bonds. The summed E-state index contributed by atoms with van der Waals surface area (Å²) in [6.45, 7) is -0.917. The lowest BCUT2D eigenvalue weighted by atomic mass is 10.2. The van der Waals surface area contributed by atoms with Crippen LogP contribution in [0.15, 0.2) is 29.8 Å². The Balaban J connectivity index is 1.89. The van der Waals surface area contributed by atoms with E-state index in [0.717, 1.165) is 22.6 Å². The van der Waals surface area contributed by atoms with Crippen LogP contribution in [0.5, 0.6) is 5.75 Å². The standard InChI is InChI=1S/C14H15F2NO2S2/c1-10-13(20-9-17-10)5-6-21(18)8-11-3-2-4-12(7-11)19-14(15)16/h2-4,7,9,14H,5-6,8H2,1H3. The maximum absolute atomic E-state index is 12.1. The third-order valence-electron chi connectivity index (χ3n) is 2.85. The van der Waals surface area contributed by atoms with Gasteiger partial charge in [0.05, 0.1) is 11.2 Å². The van der Waals surface area contributed by atoms with E-state index in [4.69, 9.17) is 0 Å². The molecular formula is C14H15F2NO2S2. The highest BCUT2D eigenvalue weighted by Gasteiger charge is 2.08. The first kappa shape index (κ1) is 16.0. The van der Waals surface area contributed by atoms with Crippen molar-refractivity contribution >= 4 is 22.1 Å². The molecule has 3 nitrogen and oxygen atoms in total. The van der Waals surface area contributed by atoms with Gasteiger partial charge < -0.3 is 4.74 Å². The van der Waals surface area contributed by atoms with E-state index in [1.54, 1.807) is 29.0 Å². The van der Waals surface area contributed by atoms with Crippen LogP contribution in [-0.4, -0.2) is 21.6 Å². The number of benzene rings is 1. The minimum atomic E-state index is -2.85. The van der Waals surface area contributed by atoms with Gasteiger partial charge in [0.25, 0.3) is 0 Å². The first-order valence-corrected chi connectivity index (χ1v) is 8.69. The van der Waals surface area contributed by atoms with Crippen molar-refractivity contribution in [3.8, 4) is 5.75 Å². The summed E-state index contributed by atoms with van der Waals surface area (Å²) >= 11 is 1.56. The summed E-state index contributed by atoms with van der Waals surface area (Å²) in [4.78, 5) is 5.29. The van der Waals surface area contributed by atoms with Crippen molar-refractivity contribution in [2.24, 2.45) is 0 Å². The summed E-state index contributed by atoms with van der Waals surface area (Å²) in [5, 5.41) is 0. The first-order chi connectivity index (χ1) is 10.0. The Labute approximate surface area is 128 Å². The van der Waals surface area contributed by atoms with Gasteiger partial charge in [-0.05, 0) is 31.0 Å². The van der Waals surface area contributed by atoms with Crippen molar-refractivity contribution in [1.82, 2.24) is 4.98 Å². The van der Waals surface area contributed by atoms with Crippen LogP contribution in [0.3, 0.4) is 0 Å². The lowest BCUT2D eigenvalue weighted by Gasteiger charge is -2.07. The summed E-state index contributed by atoms with van der Waals surface area (Å²) < 4.78 is 40.7. The maximum Gasteiger partial charge on any atom is 0.387 e. The smallest absolute Gasteiger partial charge is 0.387 e. The molecule has 1 aromatic heterocycles. The van der Waals surface area contributed by atoms with Crippen molar-refractivity contribution in [2.45, 2.75) is 25.7 Å². The number of nitrogens with zero attached hydrogens (tertiary/aromatic N) is 1. The van der Waals surface area contributed by atoms with E-state index in [9.17, 15) is 13.0 Å². The second-order valence-corrected chi connectivity index (χ2v) is 6.94. The highest BCUT2D eigenvalue weighted by molar-refractivity contribution is 7.84. The third-order valence-corrected chi connectivity index (χ3v) is 5.16. The number of rotatable bonds is 7. The zero-order valence-corrected chi connectivity index (χ0v) is 13.1. The van der Waals surface area contributed by atoms with E-state index in [1.807, 2.05) is 6.92 Å². The highest BCUT2D eigenvalue weighted by Crippen LogP contribution is 2.18. The molecule has 2 rings (SSSR count). The molecule has 0 fully saturated rings. The van der Waals surface area contributed by atoms with Gasteiger partial charge in [-0.25, -0.2) is 4.98 Å². The average molecular weight is 331 g/mol. The van der Waals surface area contributed by atoms with Gasteiger partial charge in [0, 0.05) is 27.2 Å². The van der Waals surface area contributed by atoms with Crippen LogP contribution in [0.25, 0.3) is 0 Å². The zero-order valence-electron chi connectivity index (χ0n) is 11.4. The van der Waals surface area contributed by atoms with Crippen LogP contribution in [0.4, 0.5) is 8.78 Å². The van der Waals surface area contributed by atoms with E-state index in [2.05, 4.69) is 9.72 Å². The van der Waals surface area contributed by atoms with Crippen molar-refractivity contribution in [3.63, 3.8) is 0 Å². The van der Waals surface area contributed by atoms with Crippen LogP contribution in [-0.2, 0) is 23.0 Å². The van der Waals surface area contributed by atoms with Crippen LogP contribution in [0.1, 0.15) is 16.1 Å². The van der Waals surface area contributed by atoms with E-state index in [-0.39, 0.29) is 5.75 Å². The highest BCUT2D eigenvalue weighted by atomic mass is 32.2. The Morgan fingerprint density at radius 1 is 1.43 bits per heavy atom. The minimum absolute atomic E-state index is 0.0952. The predicted molar refractivity (Wildman–Crippen MR) is 80.3 cm³/mol. The molecule has 7 heteroatoms. The number of alkyl halides is 2. The van der Waals surface area contributed by atoms with Gasteiger partial charge in [0.15, 0.2) is 0 Å². The summed E-state index contributed by atoms with van der Waals surface area (Å²) in [6, 6.07) is 6.34. The van der Waals surface area contributed by atoms with Crippen molar-refractivity contribution < 1.29 is 17.7 Å². The molecule has 0 saturated heterocycles. The van der Waals surface area contributed by atoms with Gasteiger partial charge >= 0.3 is 6.61 Å². The number of hydrogen-bond donors (Lipinski definition) is 0. The molecule has 0 aliphatic heterocycles. The Kier molecular flexibility index (Phi) is 5.81. The van der Waals surface area contributed by atoms with Crippen LogP contribution in [0, 0.1) is 6.92 Å². The quantitative estimate of drug-likeness (QED) is 0.779. The SMILES string of the molecule is Cc1ncsc1CCS(=O)Cc1cccc(OC(F)F)c1. The summed E-state index contributed by atoms with van der Waals surface area (Å²) in [5.41, 5.74) is 3.48. The number of hydrogen-bond acceptors (Lipinski definition) is 4. The third kappa shape index (κ3) is 5.17. The molecule has 114 valence electrons. The van der Waals surface area contributed by atoms with Gasteiger partial charge in [-0.15, -0.1) is 11.3 Å². The zero-order chi connectivity index (χ0) is 15.2. The van der Waals surface area contributed by atoms with Gasteiger partial charge in [-0.1, -0.05) is 12.1 Å². The normalized spacial score (nSPS) is 12.6.